The molecule has 0 aliphatic carbocycles. The summed E-state index contributed by atoms with van der Waals surface area (Å²) in [5.41, 5.74) is 3.52. The Morgan fingerprint density at radius 3 is 2.53 bits per heavy atom. The van der Waals surface area contributed by atoms with Crippen LogP contribution in [0.2, 0.25) is 0 Å². The molecule has 86 valence electrons. The van der Waals surface area contributed by atoms with Crippen molar-refractivity contribution < 1.29 is 0 Å². The molecule has 3 nitrogen and oxygen atoms in total. The van der Waals surface area contributed by atoms with Crippen LogP contribution in [-0.2, 0) is 7.05 Å². The third kappa shape index (κ3) is 2.98. The van der Waals surface area contributed by atoms with E-state index in [1.165, 1.54) is 30.6 Å². The fraction of sp³-hybridized carbons (Fsp3) is 0.750. The third-order valence-corrected chi connectivity index (χ3v) is 2.89. The van der Waals surface area contributed by atoms with Gasteiger partial charge < -0.3 is 5.32 Å². The fourth-order valence-electron chi connectivity index (χ4n) is 1.81. The zero-order chi connectivity index (χ0) is 11.4. The van der Waals surface area contributed by atoms with E-state index in [1.807, 2.05) is 11.7 Å². The van der Waals surface area contributed by atoms with Gasteiger partial charge in [-0.3, -0.25) is 4.68 Å². The molecule has 0 aliphatic rings. The molecule has 0 radical (unpaired) electrons. The highest BCUT2D eigenvalue weighted by molar-refractivity contribution is 5.52. The highest BCUT2D eigenvalue weighted by Gasteiger charge is 2.11. The first kappa shape index (κ1) is 12.1. The molecule has 0 bridgehead atoms. The zero-order valence-electron chi connectivity index (χ0n) is 10.6. The number of hydrogen-bond donors (Lipinski definition) is 1. The van der Waals surface area contributed by atoms with Crippen LogP contribution in [0.1, 0.15) is 44.5 Å². The lowest BCUT2D eigenvalue weighted by atomic mass is 10.1. The Balaban J connectivity index is 2.63. The molecule has 0 aromatic carbocycles. The van der Waals surface area contributed by atoms with Crippen molar-refractivity contribution >= 4 is 5.69 Å². The lowest BCUT2D eigenvalue weighted by Gasteiger charge is -2.14. The zero-order valence-corrected chi connectivity index (χ0v) is 10.6. The maximum absolute atomic E-state index is 4.40. The van der Waals surface area contributed by atoms with Crippen LogP contribution in [0.5, 0.6) is 0 Å². The smallest absolute Gasteiger partial charge is 0.0827 e. The molecule has 1 atom stereocenters. The predicted octanol–water partition coefficient (Wildman–Crippen LogP) is 3.03. The Kier molecular flexibility index (Phi) is 4.18. The van der Waals surface area contributed by atoms with Gasteiger partial charge in [-0.1, -0.05) is 19.8 Å². The predicted molar refractivity (Wildman–Crippen MR) is 65.3 cm³/mol. The van der Waals surface area contributed by atoms with Crippen molar-refractivity contribution in [3.05, 3.63) is 11.4 Å². The average Bonchev–Trinajstić information content (AvgIpc) is 2.42. The summed E-state index contributed by atoms with van der Waals surface area (Å²) in [5, 5.41) is 7.95. The van der Waals surface area contributed by atoms with Gasteiger partial charge in [-0.25, -0.2) is 0 Å². The summed E-state index contributed by atoms with van der Waals surface area (Å²) in [4.78, 5) is 0. The minimum Gasteiger partial charge on any atom is -0.380 e. The van der Waals surface area contributed by atoms with E-state index in [9.17, 15) is 0 Å². The minimum atomic E-state index is 0.534. The number of rotatable bonds is 5. The van der Waals surface area contributed by atoms with Gasteiger partial charge in [0.2, 0.25) is 0 Å². The number of aryl methyl sites for hydroxylation is 2. The van der Waals surface area contributed by atoms with E-state index in [1.54, 1.807) is 0 Å². The van der Waals surface area contributed by atoms with E-state index in [0.29, 0.717) is 6.04 Å². The molecule has 0 amide bonds. The van der Waals surface area contributed by atoms with Gasteiger partial charge >= 0.3 is 0 Å². The van der Waals surface area contributed by atoms with Crippen molar-refractivity contribution in [1.82, 2.24) is 9.78 Å². The molecule has 0 saturated heterocycles. The fourth-order valence-corrected chi connectivity index (χ4v) is 1.81. The first-order chi connectivity index (χ1) is 7.06. The second-order valence-electron chi connectivity index (χ2n) is 4.36. The van der Waals surface area contributed by atoms with E-state index >= 15 is 0 Å². The summed E-state index contributed by atoms with van der Waals surface area (Å²) in [6.07, 6.45) is 3.77. The molecule has 0 saturated carbocycles. The van der Waals surface area contributed by atoms with Gasteiger partial charge in [0.15, 0.2) is 0 Å². The average molecular weight is 209 g/mol. The molecule has 1 unspecified atom stereocenters. The van der Waals surface area contributed by atoms with Gasteiger partial charge in [0, 0.05) is 13.1 Å². The molecule has 0 spiro atoms. The number of aromatic nitrogens is 2. The van der Waals surface area contributed by atoms with Gasteiger partial charge in [-0.15, -0.1) is 0 Å². The molecule has 1 rings (SSSR count). The van der Waals surface area contributed by atoms with E-state index in [4.69, 9.17) is 0 Å². The summed E-state index contributed by atoms with van der Waals surface area (Å²) in [5.74, 6) is 0. The number of hydrogen-bond acceptors (Lipinski definition) is 2. The molecule has 1 heterocycles. The molecule has 1 N–H and O–H groups in total. The van der Waals surface area contributed by atoms with Gasteiger partial charge in [-0.2, -0.15) is 5.10 Å². The maximum atomic E-state index is 4.40. The first-order valence-electron chi connectivity index (χ1n) is 5.83. The molecular formula is C12H23N3. The second kappa shape index (κ2) is 5.19. The normalized spacial score (nSPS) is 12.9. The number of anilines is 1. The van der Waals surface area contributed by atoms with Gasteiger partial charge in [-0.05, 0) is 27.2 Å². The molecule has 0 fully saturated rings. The Bertz CT molecular complexity index is 315. The van der Waals surface area contributed by atoms with Crippen molar-refractivity contribution in [2.75, 3.05) is 5.32 Å². The number of nitrogens with zero attached hydrogens (tertiary/aromatic N) is 2. The standard InChI is InChI=1S/C12H23N3/c1-6-7-8-9(2)13-12-10(3)14-15(5)11(12)4/h9,13H,6-8H2,1-5H3. The second-order valence-corrected chi connectivity index (χ2v) is 4.36. The highest BCUT2D eigenvalue weighted by Crippen LogP contribution is 2.20. The van der Waals surface area contributed by atoms with Crippen LogP contribution in [-0.4, -0.2) is 15.8 Å². The van der Waals surface area contributed by atoms with Crippen LogP contribution in [0.15, 0.2) is 0 Å². The molecular weight excluding hydrogens is 186 g/mol. The van der Waals surface area contributed by atoms with Gasteiger partial charge in [0.1, 0.15) is 0 Å². The number of unbranched alkanes of at least 4 members (excludes halogenated alkanes) is 1. The van der Waals surface area contributed by atoms with E-state index < -0.39 is 0 Å². The van der Waals surface area contributed by atoms with Gasteiger partial charge in [0.25, 0.3) is 0 Å². The molecule has 1 aromatic rings. The molecule has 1 aromatic heterocycles. The third-order valence-electron chi connectivity index (χ3n) is 2.89. The lowest BCUT2D eigenvalue weighted by molar-refractivity contribution is 0.644. The highest BCUT2D eigenvalue weighted by atomic mass is 15.3. The Morgan fingerprint density at radius 1 is 1.40 bits per heavy atom. The quantitative estimate of drug-likeness (QED) is 0.808. The molecule has 0 aliphatic heterocycles. The van der Waals surface area contributed by atoms with Crippen molar-refractivity contribution in [1.29, 1.82) is 0 Å². The van der Waals surface area contributed by atoms with Crippen LogP contribution in [0, 0.1) is 13.8 Å². The molecule has 3 heteroatoms. The Morgan fingerprint density at radius 2 is 2.07 bits per heavy atom. The SMILES string of the molecule is CCCCC(C)Nc1c(C)nn(C)c1C. The van der Waals surface area contributed by atoms with Crippen LogP contribution < -0.4 is 5.32 Å². The summed E-state index contributed by atoms with van der Waals surface area (Å²) in [6.45, 7) is 8.63. The topological polar surface area (TPSA) is 29.9 Å². The van der Waals surface area contributed by atoms with E-state index in [-0.39, 0.29) is 0 Å². The summed E-state index contributed by atoms with van der Waals surface area (Å²) >= 11 is 0. The van der Waals surface area contributed by atoms with Crippen molar-refractivity contribution in [3.63, 3.8) is 0 Å². The van der Waals surface area contributed by atoms with Gasteiger partial charge in [0.05, 0.1) is 17.1 Å². The van der Waals surface area contributed by atoms with Crippen LogP contribution in [0.3, 0.4) is 0 Å². The van der Waals surface area contributed by atoms with Crippen molar-refractivity contribution in [3.8, 4) is 0 Å². The largest absolute Gasteiger partial charge is 0.380 e. The maximum Gasteiger partial charge on any atom is 0.0827 e. The van der Waals surface area contributed by atoms with E-state index in [2.05, 4.69) is 38.1 Å². The summed E-state index contributed by atoms with van der Waals surface area (Å²) in [7, 11) is 1.99. The minimum absolute atomic E-state index is 0.534. The summed E-state index contributed by atoms with van der Waals surface area (Å²) < 4.78 is 1.93. The monoisotopic (exact) mass is 209 g/mol. The van der Waals surface area contributed by atoms with Crippen LogP contribution >= 0.6 is 0 Å². The van der Waals surface area contributed by atoms with Crippen LogP contribution in [0.4, 0.5) is 5.69 Å². The molecule has 15 heavy (non-hydrogen) atoms. The Hall–Kier alpha value is -0.990. The van der Waals surface area contributed by atoms with Crippen molar-refractivity contribution in [2.24, 2.45) is 7.05 Å². The van der Waals surface area contributed by atoms with E-state index in [0.717, 1.165) is 5.69 Å². The van der Waals surface area contributed by atoms with Crippen LogP contribution in [0.25, 0.3) is 0 Å². The summed E-state index contributed by atoms with van der Waals surface area (Å²) in [6, 6.07) is 0.534. The Labute approximate surface area is 92.9 Å². The first-order valence-corrected chi connectivity index (χ1v) is 5.83. The number of nitrogens with one attached hydrogen (secondary N) is 1. The lowest BCUT2D eigenvalue weighted by Crippen LogP contribution is -2.15. The van der Waals surface area contributed by atoms with Crippen molar-refractivity contribution in [2.45, 2.75) is 53.0 Å².